The molecule has 0 bridgehead atoms. The van der Waals surface area contributed by atoms with Gasteiger partial charge in [0.1, 0.15) is 5.75 Å². The number of rotatable bonds is 5. The number of aryl methyl sites for hydroxylation is 3. The maximum Gasteiger partial charge on any atom is 0.212 e. The van der Waals surface area contributed by atoms with E-state index in [1.807, 2.05) is 13.8 Å². The van der Waals surface area contributed by atoms with E-state index in [-0.39, 0.29) is 0 Å². The number of hydrogen-bond acceptors (Lipinski definition) is 5. The van der Waals surface area contributed by atoms with Crippen LogP contribution in [0.25, 0.3) is 0 Å². The normalized spacial score (nSPS) is 10.7. The molecule has 1 aromatic heterocycles. The molecule has 2 aromatic rings. The molecule has 2 N–H and O–H groups in total. The monoisotopic (exact) mass is 261 g/mol. The highest BCUT2D eigenvalue weighted by Crippen LogP contribution is 2.24. The lowest BCUT2D eigenvalue weighted by molar-refractivity contribution is 0.291. The van der Waals surface area contributed by atoms with Crippen LogP contribution in [0, 0.1) is 20.8 Å². The van der Waals surface area contributed by atoms with Crippen LogP contribution >= 0.6 is 0 Å². The predicted molar refractivity (Wildman–Crippen MR) is 71.9 cm³/mol. The van der Waals surface area contributed by atoms with E-state index >= 15 is 0 Å². The Morgan fingerprint density at radius 2 is 1.89 bits per heavy atom. The Morgan fingerprint density at radius 1 is 1.21 bits per heavy atom. The zero-order valence-electron chi connectivity index (χ0n) is 11.6. The van der Waals surface area contributed by atoms with Crippen molar-refractivity contribution in [3.63, 3.8) is 0 Å². The molecule has 6 nitrogen and oxygen atoms in total. The van der Waals surface area contributed by atoms with Gasteiger partial charge >= 0.3 is 0 Å². The van der Waals surface area contributed by atoms with Crippen LogP contribution in [0.15, 0.2) is 12.1 Å². The first-order chi connectivity index (χ1) is 9.10. The highest BCUT2D eigenvalue weighted by molar-refractivity contribution is 5.42. The maximum absolute atomic E-state index is 5.79. The topological polar surface area (TPSA) is 78.9 Å². The summed E-state index contributed by atoms with van der Waals surface area (Å²) in [6.07, 6.45) is 0. The van der Waals surface area contributed by atoms with E-state index in [0.717, 1.165) is 16.9 Å². The summed E-state index contributed by atoms with van der Waals surface area (Å²) < 4.78 is 5.79. The van der Waals surface area contributed by atoms with Gasteiger partial charge in [0.25, 0.3) is 0 Å². The third kappa shape index (κ3) is 3.29. The first-order valence-corrected chi connectivity index (χ1v) is 6.27. The molecule has 6 heteroatoms. The molecule has 0 saturated heterocycles. The van der Waals surface area contributed by atoms with Crippen LogP contribution in [0.1, 0.15) is 22.5 Å². The van der Waals surface area contributed by atoms with Crippen LogP contribution < -0.4 is 10.5 Å². The standard InChI is InChI=1S/C13H19N5O/c1-9-6-10(2)13(11(3)7-9)19-8-12-15-17-18(16-12)5-4-14/h6-7H,4-5,8,14H2,1-3H3. The molecule has 0 spiro atoms. The Balaban J connectivity index is 2.05. The van der Waals surface area contributed by atoms with E-state index in [1.54, 1.807) is 0 Å². The second-order valence-corrected chi connectivity index (χ2v) is 4.61. The van der Waals surface area contributed by atoms with Gasteiger partial charge in [-0.1, -0.05) is 17.7 Å². The highest BCUT2D eigenvalue weighted by Gasteiger charge is 2.08. The van der Waals surface area contributed by atoms with E-state index in [0.29, 0.717) is 25.5 Å². The molecule has 0 saturated carbocycles. The summed E-state index contributed by atoms with van der Waals surface area (Å²) >= 11 is 0. The van der Waals surface area contributed by atoms with Gasteiger partial charge in [-0.2, -0.15) is 4.80 Å². The quantitative estimate of drug-likeness (QED) is 0.873. The summed E-state index contributed by atoms with van der Waals surface area (Å²) in [6.45, 7) is 7.52. The lowest BCUT2D eigenvalue weighted by Crippen LogP contribution is -2.12. The summed E-state index contributed by atoms with van der Waals surface area (Å²) in [5.41, 5.74) is 8.89. The van der Waals surface area contributed by atoms with Gasteiger partial charge in [-0.3, -0.25) is 0 Å². The molecule has 0 aliphatic heterocycles. The van der Waals surface area contributed by atoms with Crippen molar-refractivity contribution in [2.24, 2.45) is 5.73 Å². The molecule has 0 radical (unpaired) electrons. The van der Waals surface area contributed by atoms with Crippen molar-refractivity contribution >= 4 is 0 Å². The van der Waals surface area contributed by atoms with E-state index in [2.05, 4.69) is 34.5 Å². The average molecular weight is 261 g/mol. The van der Waals surface area contributed by atoms with Crippen molar-refractivity contribution in [1.29, 1.82) is 0 Å². The molecule has 0 aliphatic rings. The smallest absolute Gasteiger partial charge is 0.212 e. The molecule has 0 atom stereocenters. The molecular weight excluding hydrogens is 242 g/mol. The zero-order chi connectivity index (χ0) is 13.8. The Morgan fingerprint density at radius 3 is 2.53 bits per heavy atom. The number of ether oxygens (including phenoxy) is 1. The number of benzene rings is 1. The molecule has 1 heterocycles. The van der Waals surface area contributed by atoms with E-state index in [4.69, 9.17) is 10.5 Å². The Hall–Kier alpha value is -1.95. The fourth-order valence-corrected chi connectivity index (χ4v) is 2.08. The Bertz CT molecular complexity index is 541. The second kappa shape index (κ2) is 5.79. The van der Waals surface area contributed by atoms with Crippen LogP contribution in [-0.4, -0.2) is 26.8 Å². The van der Waals surface area contributed by atoms with Crippen LogP contribution in [0.2, 0.25) is 0 Å². The third-order valence-corrected chi connectivity index (χ3v) is 2.77. The van der Waals surface area contributed by atoms with Crippen LogP contribution in [0.5, 0.6) is 5.75 Å². The van der Waals surface area contributed by atoms with Crippen molar-refractivity contribution in [3.05, 3.63) is 34.6 Å². The van der Waals surface area contributed by atoms with Gasteiger partial charge in [-0.15, -0.1) is 10.2 Å². The molecule has 0 aliphatic carbocycles. The largest absolute Gasteiger partial charge is 0.485 e. The average Bonchev–Trinajstić information content (AvgIpc) is 2.76. The molecule has 0 amide bonds. The molecule has 102 valence electrons. The Kier molecular flexibility index (Phi) is 4.11. The number of nitrogens with two attached hydrogens (primary N) is 1. The van der Waals surface area contributed by atoms with E-state index in [9.17, 15) is 0 Å². The first-order valence-electron chi connectivity index (χ1n) is 6.27. The van der Waals surface area contributed by atoms with Crippen LogP contribution in [0.3, 0.4) is 0 Å². The fourth-order valence-electron chi connectivity index (χ4n) is 2.08. The highest BCUT2D eigenvalue weighted by atomic mass is 16.5. The van der Waals surface area contributed by atoms with Crippen molar-refractivity contribution in [2.75, 3.05) is 6.54 Å². The van der Waals surface area contributed by atoms with Gasteiger partial charge < -0.3 is 10.5 Å². The molecule has 19 heavy (non-hydrogen) atoms. The second-order valence-electron chi connectivity index (χ2n) is 4.61. The third-order valence-electron chi connectivity index (χ3n) is 2.77. The minimum Gasteiger partial charge on any atom is -0.485 e. The van der Waals surface area contributed by atoms with Crippen molar-refractivity contribution < 1.29 is 4.74 Å². The lowest BCUT2D eigenvalue weighted by atomic mass is 10.1. The van der Waals surface area contributed by atoms with Gasteiger partial charge in [0.15, 0.2) is 6.61 Å². The van der Waals surface area contributed by atoms with Crippen molar-refractivity contribution in [3.8, 4) is 5.75 Å². The number of hydrogen-bond donors (Lipinski definition) is 1. The minimum absolute atomic E-state index is 0.315. The zero-order valence-corrected chi connectivity index (χ0v) is 11.6. The number of nitrogens with zero attached hydrogens (tertiary/aromatic N) is 4. The minimum atomic E-state index is 0.315. The summed E-state index contributed by atoms with van der Waals surface area (Å²) in [4.78, 5) is 1.48. The van der Waals surface area contributed by atoms with E-state index in [1.165, 1.54) is 10.4 Å². The SMILES string of the molecule is Cc1cc(C)c(OCc2nnn(CCN)n2)c(C)c1. The van der Waals surface area contributed by atoms with Gasteiger partial charge in [-0.05, 0) is 37.1 Å². The maximum atomic E-state index is 5.79. The van der Waals surface area contributed by atoms with Gasteiger partial charge in [0.2, 0.25) is 5.82 Å². The number of tetrazole rings is 1. The van der Waals surface area contributed by atoms with Gasteiger partial charge in [0, 0.05) is 6.54 Å². The van der Waals surface area contributed by atoms with Gasteiger partial charge in [-0.25, -0.2) is 0 Å². The van der Waals surface area contributed by atoms with Gasteiger partial charge in [0.05, 0.1) is 6.54 Å². The summed E-state index contributed by atoms with van der Waals surface area (Å²) in [7, 11) is 0. The molecule has 1 aromatic carbocycles. The summed E-state index contributed by atoms with van der Waals surface area (Å²) in [6, 6.07) is 4.20. The van der Waals surface area contributed by atoms with Crippen LogP contribution in [0.4, 0.5) is 0 Å². The van der Waals surface area contributed by atoms with Crippen LogP contribution in [-0.2, 0) is 13.2 Å². The Labute approximate surface area is 112 Å². The van der Waals surface area contributed by atoms with Crippen molar-refractivity contribution in [1.82, 2.24) is 20.2 Å². The summed E-state index contributed by atoms with van der Waals surface area (Å²) in [5.74, 6) is 1.45. The fraction of sp³-hybridized carbons (Fsp3) is 0.462. The number of aromatic nitrogens is 4. The van der Waals surface area contributed by atoms with E-state index < -0.39 is 0 Å². The molecular formula is C13H19N5O. The summed E-state index contributed by atoms with van der Waals surface area (Å²) in [5, 5.41) is 12.0. The first kappa shape index (κ1) is 13.5. The molecule has 0 unspecified atom stereocenters. The molecule has 0 fully saturated rings. The molecule has 2 rings (SSSR count). The lowest BCUT2D eigenvalue weighted by Gasteiger charge is -2.11. The predicted octanol–water partition coefficient (Wildman–Crippen LogP) is 1.14. The van der Waals surface area contributed by atoms with Crippen molar-refractivity contribution in [2.45, 2.75) is 33.9 Å².